The largest absolute Gasteiger partial charge is 0.485 e. The summed E-state index contributed by atoms with van der Waals surface area (Å²) in [5.74, 6) is 4.70. The smallest absolute Gasteiger partial charge is 0.207 e. The standard InChI is InChI=1S/C36H46O3/c1-25(2)24-32(26(3)4)28-18-20-29(21-19-28)38-36(37-23-22-27-12-6-5-7-13-27)35-30-14-8-10-16-33(30)39-34-17-11-9-15-31(34)35/h5-12,14-18,20,25-27,30,32-33,35-36H,13,19,21-24H2,1-4H3. The number of allylic oxidation sites excluding steroid dienone is 10. The van der Waals surface area contributed by atoms with Crippen molar-refractivity contribution in [2.75, 3.05) is 6.61 Å². The number of hydrogen-bond donors (Lipinski definition) is 0. The molecule has 0 radical (unpaired) electrons. The Balaban J connectivity index is 1.39. The lowest BCUT2D eigenvalue weighted by atomic mass is 9.77. The molecular formula is C36H46O3. The van der Waals surface area contributed by atoms with Gasteiger partial charge in [0.25, 0.3) is 0 Å². The van der Waals surface area contributed by atoms with Crippen LogP contribution >= 0.6 is 0 Å². The number of para-hydroxylation sites is 1. The molecule has 6 unspecified atom stereocenters. The highest BCUT2D eigenvalue weighted by molar-refractivity contribution is 5.42. The molecule has 208 valence electrons. The van der Waals surface area contributed by atoms with Gasteiger partial charge >= 0.3 is 0 Å². The van der Waals surface area contributed by atoms with Crippen molar-refractivity contribution >= 4 is 0 Å². The average molecular weight is 527 g/mol. The maximum absolute atomic E-state index is 6.84. The van der Waals surface area contributed by atoms with Crippen LogP contribution in [0.25, 0.3) is 0 Å². The monoisotopic (exact) mass is 526 g/mol. The lowest BCUT2D eigenvalue weighted by Crippen LogP contribution is -2.41. The van der Waals surface area contributed by atoms with E-state index in [0.717, 1.165) is 37.2 Å². The zero-order valence-electron chi connectivity index (χ0n) is 24.2. The Hall–Kier alpha value is -2.78. The van der Waals surface area contributed by atoms with Crippen LogP contribution in [0, 0.1) is 29.6 Å². The van der Waals surface area contributed by atoms with Crippen molar-refractivity contribution in [1.29, 1.82) is 0 Å². The van der Waals surface area contributed by atoms with Crippen LogP contribution in [-0.4, -0.2) is 19.0 Å². The van der Waals surface area contributed by atoms with Crippen LogP contribution in [0.2, 0.25) is 0 Å². The molecule has 3 heteroatoms. The van der Waals surface area contributed by atoms with Crippen molar-refractivity contribution in [3.05, 3.63) is 102 Å². The van der Waals surface area contributed by atoms with Crippen molar-refractivity contribution in [2.24, 2.45) is 29.6 Å². The van der Waals surface area contributed by atoms with E-state index in [0.29, 0.717) is 30.3 Å². The fraction of sp³-hybridized carbons (Fsp3) is 0.500. The lowest BCUT2D eigenvalue weighted by Gasteiger charge is -2.41. The Labute approximate surface area is 236 Å². The maximum Gasteiger partial charge on any atom is 0.207 e. The number of rotatable bonds is 11. The van der Waals surface area contributed by atoms with Gasteiger partial charge in [0, 0.05) is 17.9 Å². The highest BCUT2D eigenvalue weighted by Crippen LogP contribution is 2.46. The van der Waals surface area contributed by atoms with Crippen LogP contribution in [0.3, 0.4) is 0 Å². The third-order valence-electron chi connectivity index (χ3n) is 8.63. The zero-order valence-corrected chi connectivity index (χ0v) is 24.2. The summed E-state index contributed by atoms with van der Waals surface area (Å²) < 4.78 is 20.0. The third-order valence-corrected chi connectivity index (χ3v) is 8.63. The number of ether oxygens (including phenoxy) is 3. The predicted molar refractivity (Wildman–Crippen MR) is 160 cm³/mol. The first-order valence-electron chi connectivity index (χ1n) is 15.1. The van der Waals surface area contributed by atoms with E-state index in [-0.39, 0.29) is 24.2 Å². The Morgan fingerprint density at radius 1 is 0.923 bits per heavy atom. The van der Waals surface area contributed by atoms with Crippen molar-refractivity contribution in [1.82, 2.24) is 0 Å². The highest BCUT2D eigenvalue weighted by Gasteiger charge is 2.43. The quantitative estimate of drug-likeness (QED) is 0.269. The number of fused-ring (bicyclic) bond motifs is 2. The lowest BCUT2D eigenvalue weighted by molar-refractivity contribution is -0.148. The molecule has 3 aliphatic carbocycles. The molecule has 0 aromatic heterocycles. The van der Waals surface area contributed by atoms with Gasteiger partial charge in [-0.1, -0.05) is 100 Å². The van der Waals surface area contributed by atoms with Crippen LogP contribution in [-0.2, 0) is 9.47 Å². The Morgan fingerprint density at radius 2 is 1.74 bits per heavy atom. The zero-order chi connectivity index (χ0) is 27.2. The van der Waals surface area contributed by atoms with Crippen LogP contribution < -0.4 is 4.74 Å². The molecule has 1 aromatic carbocycles. The minimum Gasteiger partial charge on any atom is -0.485 e. The van der Waals surface area contributed by atoms with E-state index in [1.807, 2.05) is 0 Å². The summed E-state index contributed by atoms with van der Waals surface area (Å²) in [7, 11) is 0. The molecule has 0 amide bonds. The first kappa shape index (κ1) is 27.8. The molecule has 0 bridgehead atoms. The van der Waals surface area contributed by atoms with Crippen LogP contribution in [0.15, 0.2) is 96.4 Å². The van der Waals surface area contributed by atoms with Gasteiger partial charge in [0.15, 0.2) is 0 Å². The van der Waals surface area contributed by atoms with Crippen molar-refractivity contribution < 1.29 is 14.2 Å². The van der Waals surface area contributed by atoms with E-state index in [4.69, 9.17) is 14.2 Å². The third kappa shape index (κ3) is 6.87. The molecule has 39 heavy (non-hydrogen) atoms. The Morgan fingerprint density at radius 3 is 2.49 bits per heavy atom. The Bertz CT molecular complexity index is 1150. The van der Waals surface area contributed by atoms with Gasteiger partial charge in [0.2, 0.25) is 6.29 Å². The second kappa shape index (κ2) is 13.0. The maximum atomic E-state index is 6.84. The van der Waals surface area contributed by atoms with Crippen molar-refractivity contribution in [3.8, 4) is 5.75 Å². The van der Waals surface area contributed by atoms with Crippen LogP contribution in [0.1, 0.15) is 71.3 Å². The molecule has 0 fully saturated rings. The van der Waals surface area contributed by atoms with E-state index in [1.54, 1.807) is 5.57 Å². The summed E-state index contributed by atoms with van der Waals surface area (Å²) in [6, 6.07) is 8.42. The fourth-order valence-electron chi connectivity index (χ4n) is 6.53. The number of benzene rings is 1. The summed E-state index contributed by atoms with van der Waals surface area (Å²) in [5.41, 5.74) is 2.74. The summed E-state index contributed by atoms with van der Waals surface area (Å²) in [5, 5.41) is 0. The van der Waals surface area contributed by atoms with Crippen molar-refractivity contribution in [2.45, 2.75) is 78.1 Å². The molecule has 4 aliphatic rings. The van der Waals surface area contributed by atoms with Gasteiger partial charge in [0.1, 0.15) is 11.9 Å². The summed E-state index contributed by atoms with van der Waals surface area (Å²) >= 11 is 0. The number of hydrogen-bond acceptors (Lipinski definition) is 3. The van der Waals surface area contributed by atoms with Crippen molar-refractivity contribution in [3.63, 3.8) is 0 Å². The van der Waals surface area contributed by atoms with E-state index < -0.39 is 0 Å². The second-order valence-electron chi connectivity index (χ2n) is 12.3. The summed E-state index contributed by atoms with van der Waals surface area (Å²) in [6.45, 7) is 10.0. The first-order valence-corrected chi connectivity index (χ1v) is 15.1. The van der Waals surface area contributed by atoms with Gasteiger partial charge in [-0.2, -0.15) is 0 Å². The summed E-state index contributed by atoms with van der Waals surface area (Å²) in [4.78, 5) is 0. The molecule has 1 aliphatic heterocycles. The van der Waals surface area contributed by atoms with Gasteiger partial charge < -0.3 is 14.2 Å². The van der Waals surface area contributed by atoms with Gasteiger partial charge in [-0.3, -0.25) is 0 Å². The molecule has 0 N–H and O–H groups in total. The molecule has 6 atom stereocenters. The van der Waals surface area contributed by atoms with Crippen LogP contribution in [0.5, 0.6) is 5.75 Å². The molecule has 5 rings (SSSR count). The molecule has 3 nitrogen and oxygen atoms in total. The topological polar surface area (TPSA) is 27.7 Å². The second-order valence-corrected chi connectivity index (χ2v) is 12.3. The SMILES string of the molecule is CC(C)CC(C1=CC=C(OC(OCCC2C=CC=CC2)C2c3ccccc3OC3C=CC=CC32)CC1)C(C)C. The predicted octanol–water partition coefficient (Wildman–Crippen LogP) is 9.08. The van der Waals surface area contributed by atoms with E-state index in [1.165, 1.54) is 12.0 Å². The average Bonchev–Trinajstić information content (AvgIpc) is 2.95. The normalized spacial score (nSPS) is 26.9. The molecule has 0 saturated carbocycles. The minimum absolute atomic E-state index is 0.00863. The molecule has 1 aromatic rings. The molecule has 0 saturated heterocycles. The molecule has 1 heterocycles. The minimum atomic E-state index is -0.375. The van der Waals surface area contributed by atoms with Crippen LogP contribution in [0.4, 0.5) is 0 Å². The highest BCUT2D eigenvalue weighted by atomic mass is 16.7. The van der Waals surface area contributed by atoms with E-state index in [9.17, 15) is 0 Å². The molecular weight excluding hydrogens is 480 g/mol. The van der Waals surface area contributed by atoms with E-state index >= 15 is 0 Å². The van der Waals surface area contributed by atoms with E-state index in [2.05, 4.69) is 113 Å². The fourth-order valence-corrected chi connectivity index (χ4v) is 6.53. The van der Waals surface area contributed by atoms with Gasteiger partial charge in [-0.15, -0.1) is 0 Å². The first-order chi connectivity index (χ1) is 19.0. The van der Waals surface area contributed by atoms with Gasteiger partial charge in [-0.25, -0.2) is 0 Å². The van der Waals surface area contributed by atoms with Gasteiger partial charge in [-0.05, 0) is 67.6 Å². The molecule has 0 spiro atoms. The van der Waals surface area contributed by atoms with Gasteiger partial charge in [0.05, 0.1) is 18.3 Å². The Kier molecular flexibility index (Phi) is 9.29. The summed E-state index contributed by atoms with van der Waals surface area (Å²) in [6.07, 6.45) is 27.0.